The van der Waals surface area contributed by atoms with Gasteiger partial charge >= 0.3 is 12.1 Å². The Morgan fingerprint density at radius 1 is 1.11 bits per heavy atom. The number of aromatic nitrogens is 2. The second-order valence-corrected chi connectivity index (χ2v) is 6.73. The summed E-state index contributed by atoms with van der Waals surface area (Å²) in [6.07, 6.45) is -2.80. The van der Waals surface area contributed by atoms with Crippen LogP contribution in [0.1, 0.15) is 19.4 Å². The average Bonchev–Trinajstić information content (AvgIpc) is 3.01. The molecule has 1 heterocycles. The monoisotopic (exact) mass is 376 g/mol. The summed E-state index contributed by atoms with van der Waals surface area (Å²) in [5.41, 5.74) is 2.15. The standard InChI is InChI=1S/C20H19F3N2O2/c1-13(2)11-27-19(26)10-25-12-24-17-9-15(5-8-18(17)25)14-3-6-16(7-4-14)20(21,22)23/h3-9,12-13H,10-11H2,1-2H3. The summed E-state index contributed by atoms with van der Waals surface area (Å²) in [5, 5.41) is 0. The van der Waals surface area contributed by atoms with Gasteiger partial charge in [-0.15, -0.1) is 0 Å². The molecule has 0 spiro atoms. The molecule has 0 saturated heterocycles. The third kappa shape index (κ3) is 4.48. The van der Waals surface area contributed by atoms with Gasteiger partial charge in [0.25, 0.3) is 0 Å². The number of halogens is 3. The molecular formula is C20H19F3N2O2. The highest BCUT2D eigenvalue weighted by Crippen LogP contribution is 2.31. The molecule has 0 aliphatic heterocycles. The number of esters is 1. The molecule has 1 aromatic heterocycles. The lowest BCUT2D eigenvalue weighted by Gasteiger charge is -2.09. The van der Waals surface area contributed by atoms with Gasteiger partial charge in [0, 0.05) is 0 Å². The van der Waals surface area contributed by atoms with E-state index in [-0.39, 0.29) is 18.4 Å². The Morgan fingerprint density at radius 3 is 2.41 bits per heavy atom. The Hall–Kier alpha value is -2.83. The van der Waals surface area contributed by atoms with E-state index in [0.29, 0.717) is 17.7 Å². The molecule has 0 bridgehead atoms. The van der Waals surface area contributed by atoms with Crippen LogP contribution in [0.2, 0.25) is 0 Å². The molecule has 0 fully saturated rings. The Morgan fingerprint density at radius 2 is 1.78 bits per heavy atom. The fourth-order valence-corrected chi connectivity index (χ4v) is 2.67. The lowest BCUT2D eigenvalue weighted by atomic mass is 10.0. The topological polar surface area (TPSA) is 44.1 Å². The molecule has 142 valence electrons. The number of carbonyl (C=O) groups excluding carboxylic acids is 1. The van der Waals surface area contributed by atoms with Gasteiger partial charge in [-0.3, -0.25) is 4.79 Å². The molecule has 27 heavy (non-hydrogen) atoms. The third-order valence-electron chi connectivity index (χ3n) is 4.04. The van der Waals surface area contributed by atoms with Crippen molar-refractivity contribution in [3.8, 4) is 11.1 Å². The molecular weight excluding hydrogens is 357 g/mol. The van der Waals surface area contributed by atoms with Crippen molar-refractivity contribution in [3.63, 3.8) is 0 Å². The fourth-order valence-electron chi connectivity index (χ4n) is 2.67. The van der Waals surface area contributed by atoms with Crippen LogP contribution in [0, 0.1) is 5.92 Å². The van der Waals surface area contributed by atoms with Crippen molar-refractivity contribution in [2.24, 2.45) is 5.92 Å². The first kappa shape index (κ1) is 18.9. The quantitative estimate of drug-likeness (QED) is 0.594. The van der Waals surface area contributed by atoms with Crippen LogP contribution in [0.5, 0.6) is 0 Å². The van der Waals surface area contributed by atoms with E-state index in [1.165, 1.54) is 12.1 Å². The minimum absolute atomic E-state index is 0.0584. The summed E-state index contributed by atoms with van der Waals surface area (Å²) in [7, 11) is 0. The van der Waals surface area contributed by atoms with E-state index in [1.807, 2.05) is 13.8 Å². The maximum Gasteiger partial charge on any atom is 0.416 e. The summed E-state index contributed by atoms with van der Waals surface area (Å²) in [5.74, 6) is -0.0745. The van der Waals surface area contributed by atoms with Gasteiger partial charge in [-0.25, -0.2) is 4.98 Å². The molecule has 3 aromatic rings. The first-order valence-corrected chi connectivity index (χ1v) is 8.52. The van der Waals surface area contributed by atoms with Gasteiger partial charge in [-0.1, -0.05) is 32.0 Å². The third-order valence-corrected chi connectivity index (χ3v) is 4.04. The van der Waals surface area contributed by atoms with Crippen LogP contribution in [0.4, 0.5) is 13.2 Å². The molecule has 7 heteroatoms. The van der Waals surface area contributed by atoms with E-state index in [4.69, 9.17) is 4.74 Å². The molecule has 0 aliphatic rings. The molecule has 0 unspecified atom stereocenters. The van der Waals surface area contributed by atoms with Crippen molar-refractivity contribution in [1.82, 2.24) is 9.55 Å². The Balaban J connectivity index is 1.80. The van der Waals surface area contributed by atoms with Crippen LogP contribution in [0.15, 0.2) is 48.8 Å². The van der Waals surface area contributed by atoms with Crippen molar-refractivity contribution in [3.05, 3.63) is 54.4 Å². The minimum atomic E-state index is -4.36. The largest absolute Gasteiger partial charge is 0.464 e. The second-order valence-electron chi connectivity index (χ2n) is 6.73. The molecule has 0 radical (unpaired) electrons. The number of nitrogens with zero attached hydrogens (tertiary/aromatic N) is 2. The van der Waals surface area contributed by atoms with Crippen LogP contribution in [0.25, 0.3) is 22.2 Å². The summed E-state index contributed by atoms with van der Waals surface area (Å²) in [6.45, 7) is 4.34. The van der Waals surface area contributed by atoms with E-state index >= 15 is 0 Å². The predicted octanol–water partition coefficient (Wildman–Crippen LogP) is 4.92. The number of ether oxygens (including phenoxy) is 1. The lowest BCUT2D eigenvalue weighted by Crippen LogP contribution is -2.15. The van der Waals surface area contributed by atoms with Crippen molar-refractivity contribution in [1.29, 1.82) is 0 Å². The SMILES string of the molecule is CC(C)COC(=O)Cn1cnc2cc(-c3ccc(C(F)(F)F)cc3)ccc21. The highest BCUT2D eigenvalue weighted by Gasteiger charge is 2.29. The molecule has 0 saturated carbocycles. The van der Waals surface area contributed by atoms with Crippen molar-refractivity contribution in [2.75, 3.05) is 6.61 Å². The number of fused-ring (bicyclic) bond motifs is 1. The number of imidazole rings is 1. The number of alkyl halides is 3. The van der Waals surface area contributed by atoms with Crippen molar-refractivity contribution in [2.45, 2.75) is 26.6 Å². The zero-order valence-corrected chi connectivity index (χ0v) is 15.0. The van der Waals surface area contributed by atoms with Crippen molar-refractivity contribution >= 4 is 17.0 Å². The smallest absolute Gasteiger partial charge is 0.416 e. The Kier molecular flexibility index (Phi) is 5.21. The maximum atomic E-state index is 12.7. The van der Waals surface area contributed by atoms with Gasteiger partial charge in [0.05, 0.1) is 29.5 Å². The second kappa shape index (κ2) is 7.42. The predicted molar refractivity (Wildman–Crippen MR) is 96.0 cm³/mol. The van der Waals surface area contributed by atoms with Crippen LogP contribution in [-0.4, -0.2) is 22.1 Å². The number of benzene rings is 2. The molecule has 0 amide bonds. The molecule has 2 aromatic carbocycles. The van der Waals surface area contributed by atoms with Gasteiger partial charge < -0.3 is 9.30 Å². The van der Waals surface area contributed by atoms with Gasteiger partial charge in [-0.05, 0) is 41.3 Å². The molecule has 0 atom stereocenters. The normalized spacial score (nSPS) is 11.9. The maximum absolute atomic E-state index is 12.7. The van der Waals surface area contributed by atoms with E-state index in [2.05, 4.69) is 4.98 Å². The zero-order chi connectivity index (χ0) is 19.6. The van der Waals surface area contributed by atoms with Crippen LogP contribution in [-0.2, 0) is 22.3 Å². The van der Waals surface area contributed by atoms with Crippen LogP contribution >= 0.6 is 0 Å². The van der Waals surface area contributed by atoms with E-state index in [1.54, 1.807) is 29.1 Å². The molecule has 3 rings (SSSR count). The average molecular weight is 376 g/mol. The van der Waals surface area contributed by atoms with Crippen LogP contribution < -0.4 is 0 Å². The molecule has 0 aliphatic carbocycles. The highest BCUT2D eigenvalue weighted by molar-refractivity contribution is 5.83. The van der Waals surface area contributed by atoms with Crippen molar-refractivity contribution < 1.29 is 22.7 Å². The number of hydrogen-bond acceptors (Lipinski definition) is 3. The van der Waals surface area contributed by atoms with E-state index in [9.17, 15) is 18.0 Å². The summed E-state index contributed by atoms with van der Waals surface area (Å²) in [4.78, 5) is 16.2. The first-order chi connectivity index (χ1) is 12.7. The highest BCUT2D eigenvalue weighted by atomic mass is 19.4. The zero-order valence-electron chi connectivity index (χ0n) is 15.0. The summed E-state index contributed by atoms with van der Waals surface area (Å²) >= 11 is 0. The summed E-state index contributed by atoms with van der Waals surface area (Å²) < 4.78 is 44.9. The van der Waals surface area contributed by atoms with Gasteiger partial charge in [0.15, 0.2) is 0 Å². The summed E-state index contributed by atoms with van der Waals surface area (Å²) in [6, 6.07) is 10.4. The Bertz CT molecular complexity index is 944. The first-order valence-electron chi connectivity index (χ1n) is 8.52. The van der Waals surface area contributed by atoms with Gasteiger partial charge in [0.1, 0.15) is 6.54 Å². The minimum Gasteiger partial charge on any atom is -0.464 e. The van der Waals surface area contributed by atoms with Gasteiger partial charge in [0.2, 0.25) is 0 Å². The van der Waals surface area contributed by atoms with Crippen LogP contribution in [0.3, 0.4) is 0 Å². The Labute approximate surface area is 154 Å². The van der Waals surface area contributed by atoms with E-state index < -0.39 is 11.7 Å². The number of carbonyl (C=O) groups is 1. The molecule has 0 N–H and O–H groups in total. The number of rotatable bonds is 5. The molecule has 4 nitrogen and oxygen atoms in total. The van der Waals surface area contributed by atoms with E-state index in [0.717, 1.165) is 23.2 Å². The number of hydrogen-bond donors (Lipinski definition) is 0. The lowest BCUT2D eigenvalue weighted by molar-refractivity contribution is -0.145. The fraction of sp³-hybridized carbons (Fsp3) is 0.300. The van der Waals surface area contributed by atoms with Gasteiger partial charge in [-0.2, -0.15) is 13.2 Å².